The molecule has 1 aromatic heterocycles. The van der Waals surface area contributed by atoms with Crippen LogP contribution in [0.4, 0.5) is 0 Å². The zero-order valence-electron chi connectivity index (χ0n) is 19.5. The zero-order valence-corrected chi connectivity index (χ0v) is 19.5. The lowest BCUT2D eigenvalue weighted by molar-refractivity contribution is 0.0372. The maximum Gasteiger partial charge on any atom is 0.246 e. The fourth-order valence-corrected chi connectivity index (χ4v) is 5.03. The first kappa shape index (κ1) is 22.7. The molecule has 2 saturated heterocycles. The first-order valence-electron chi connectivity index (χ1n) is 11.9. The smallest absolute Gasteiger partial charge is 0.246 e. The summed E-state index contributed by atoms with van der Waals surface area (Å²) in [6.07, 6.45) is 3.54. The van der Waals surface area contributed by atoms with Crippen LogP contribution in [-0.4, -0.2) is 65.2 Å². The van der Waals surface area contributed by atoms with E-state index in [4.69, 9.17) is 9.26 Å². The summed E-state index contributed by atoms with van der Waals surface area (Å²) >= 11 is 0. The molecule has 0 spiro atoms. The molecule has 0 saturated carbocycles. The molecule has 174 valence electrons. The van der Waals surface area contributed by atoms with Crippen LogP contribution in [0.3, 0.4) is 0 Å². The zero-order chi connectivity index (χ0) is 22.3. The molecule has 8 heteroatoms. The average molecular weight is 441 g/mol. The Balaban J connectivity index is 1.32. The molecule has 0 aliphatic carbocycles. The van der Waals surface area contributed by atoms with Gasteiger partial charge in [0.05, 0.1) is 6.54 Å². The molecule has 3 atom stereocenters. The molecular weight excluding hydrogens is 404 g/mol. The quantitative estimate of drug-likeness (QED) is 0.523. The summed E-state index contributed by atoms with van der Waals surface area (Å²) in [4.78, 5) is 14.0. The second-order valence-corrected chi connectivity index (χ2v) is 8.71. The normalized spacial score (nSPS) is 23.1. The Morgan fingerprint density at radius 1 is 1.28 bits per heavy atom. The van der Waals surface area contributed by atoms with Crippen LogP contribution in [0.2, 0.25) is 0 Å². The van der Waals surface area contributed by atoms with Crippen LogP contribution in [0.5, 0.6) is 0 Å². The number of nitrogens with zero attached hydrogens (tertiary/aromatic N) is 5. The largest absolute Gasteiger partial charge is 0.371 e. The molecular formula is C24H36N6O2. The molecule has 1 N–H and O–H groups in total. The number of guanidine groups is 1. The van der Waals surface area contributed by atoms with Crippen LogP contribution in [0, 0.1) is 5.92 Å². The lowest BCUT2D eigenvalue weighted by atomic mass is 9.83. The highest BCUT2D eigenvalue weighted by Gasteiger charge is 2.36. The van der Waals surface area contributed by atoms with Crippen molar-refractivity contribution in [1.82, 2.24) is 25.3 Å². The molecule has 8 nitrogen and oxygen atoms in total. The van der Waals surface area contributed by atoms with Gasteiger partial charge in [-0.2, -0.15) is 4.98 Å². The minimum atomic E-state index is -0.166. The van der Waals surface area contributed by atoms with E-state index >= 15 is 0 Å². The van der Waals surface area contributed by atoms with Crippen LogP contribution in [0.1, 0.15) is 56.5 Å². The molecule has 2 fully saturated rings. The lowest BCUT2D eigenvalue weighted by Crippen LogP contribution is -2.56. The number of aromatic nitrogens is 2. The summed E-state index contributed by atoms with van der Waals surface area (Å²) in [6.45, 7) is 9.25. The third kappa shape index (κ3) is 5.48. The van der Waals surface area contributed by atoms with E-state index in [-0.39, 0.29) is 6.10 Å². The number of ether oxygens (including phenoxy) is 1. The molecule has 32 heavy (non-hydrogen) atoms. The highest BCUT2D eigenvalue weighted by Crippen LogP contribution is 2.31. The van der Waals surface area contributed by atoms with Crippen molar-refractivity contribution < 1.29 is 9.26 Å². The Morgan fingerprint density at radius 2 is 2.12 bits per heavy atom. The summed E-state index contributed by atoms with van der Waals surface area (Å²) in [7, 11) is 1.84. The van der Waals surface area contributed by atoms with Gasteiger partial charge in [0.2, 0.25) is 5.89 Å². The minimum Gasteiger partial charge on any atom is -0.371 e. The fourth-order valence-electron chi connectivity index (χ4n) is 5.03. The van der Waals surface area contributed by atoms with E-state index in [1.165, 1.54) is 24.9 Å². The van der Waals surface area contributed by atoms with Crippen molar-refractivity contribution in [2.24, 2.45) is 10.9 Å². The molecule has 2 aliphatic heterocycles. The molecule has 3 heterocycles. The van der Waals surface area contributed by atoms with E-state index in [9.17, 15) is 0 Å². The summed E-state index contributed by atoms with van der Waals surface area (Å²) in [5.41, 5.74) is 1.41. The molecule has 0 bridgehead atoms. The van der Waals surface area contributed by atoms with Gasteiger partial charge >= 0.3 is 0 Å². The molecule has 2 aromatic rings. The molecule has 2 aliphatic rings. The Labute approximate surface area is 191 Å². The van der Waals surface area contributed by atoms with Crippen molar-refractivity contribution in [3.05, 3.63) is 47.6 Å². The highest BCUT2D eigenvalue weighted by atomic mass is 16.5. The van der Waals surface area contributed by atoms with Gasteiger partial charge in [-0.15, -0.1) is 0 Å². The van der Waals surface area contributed by atoms with Gasteiger partial charge in [-0.3, -0.25) is 9.89 Å². The predicted octanol–water partition coefficient (Wildman–Crippen LogP) is 3.23. The Bertz CT molecular complexity index is 870. The van der Waals surface area contributed by atoms with Crippen molar-refractivity contribution in [3.63, 3.8) is 0 Å². The van der Waals surface area contributed by atoms with Gasteiger partial charge in [0.1, 0.15) is 6.10 Å². The SMILES string of the molecule is CCOC(C)c1noc(CNC(=NC)N2CCC3C(CCCN3Cc3ccccc3)C2)n1. The number of hydrogen-bond donors (Lipinski definition) is 1. The summed E-state index contributed by atoms with van der Waals surface area (Å²) < 4.78 is 10.9. The van der Waals surface area contributed by atoms with E-state index in [2.05, 4.69) is 60.6 Å². The maximum absolute atomic E-state index is 5.54. The Morgan fingerprint density at radius 3 is 2.91 bits per heavy atom. The molecule has 3 unspecified atom stereocenters. The minimum absolute atomic E-state index is 0.166. The monoisotopic (exact) mass is 440 g/mol. The number of fused-ring (bicyclic) bond motifs is 1. The lowest BCUT2D eigenvalue weighted by Gasteiger charge is -2.48. The first-order valence-corrected chi connectivity index (χ1v) is 11.9. The summed E-state index contributed by atoms with van der Waals surface area (Å²) in [5, 5.41) is 7.45. The molecule has 0 amide bonds. The van der Waals surface area contributed by atoms with Gasteiger partial charge in [0.15, 0.2) is 11.8 Å². The van der Waals surface area contributed by atoms with Gasteiger partial charge in [0, 0.05) is 39.3 Å². The number of hydrogen-bond acceptors (Lipinski definition) is 6. The van der Waals surface area contributed by atoms with Crippen molar-refractivity contribution in [2.45, 2.75) is 58.3 Å². The molecule has 4 rings (SSSR count). The van der Waals surface area contributed by atoms with Crippen LogP contribution >= 0.6 is 0 Å². The van der Waals surface area contributed by atoms with Crippen molar-refractivity contribution in [3.8, 4) is 0 Å². The van der Waals surface area contributed by atoms with E-state index in [1.54, 1.807) is 0 Å². The van der Waals surface area contributed by atoms with Gasteiger partial charge in [-0.1, -0.05) is 35.5 Å². The van der Waals surface area contributed by atoms with E-state index in [0.717, 1.165) is 32.0 Å². The van der Waals surface area contributed by atoms with E-state index in [1.807, 2.05) is 20.9 Å². The third-order valence-corrected chi connectivity index (χ3v) is 6.58. The molecule has 1 aromatic carbocycles. The maximum atomic E-state index is 5.54. The first-order chi connectivity index (χ1) is 15.7. The van der Waals surface area contributed by atoms with Crippen molar-refractivity contribution in [1.29, 1.82) is 0 Å². The Hall–Kier alpha value is -2.45. The number of likely N-dealkylation sites (tertiary alicyclic amines) is 2. The van der Waals surface area contributed by atoms with Crippen LogP contribution in [0.15, 0.2) is 39.8 Å². The van der Waals surface area contributed by atoms with Gasteiger partial charge in [-0.05, 0) is 51.1 Å². The fraction of sp³-hybridized carbons (Fsp3) is 0.625. The number of piperidine rings is 2. The number of nitrogens with one attached hydrogen (secondary N) is 1. The molecule has 0 radical (unpaired) electrons. The number of aliphatic imine (C=N–C) groups is 1. The topological polar surface area (TPSA) is 79.0 Å². The van der Waals surface area contributed by atoms with Crippen LogP contribution in [0.25, 0.3) is 0 Å². The van der Waals surface area contributed by atoms with Gasteiger partial charge in [0.25, 0.3) is 0 Å². The average Bonchev–Trinajstić information content (AvgIpc) is 3.30. The van der Waals surface area contributed by atoms with Crippen molar-refractivity contribution >= 4 is 5.96 Å². The van der Waals surface area contributed by atoms with E-state index in [0.29, 0.717) is 36.8 Å². The summed E-state index contributed by atoms with van der Waals surface area (Å²) in [5.74, 6) is 2.71. The van der Waals surface area contributed by atoms with Gasteiger partial charge < -0.3 is 19.5 Å². The predicted molar refractivity (Wildman–Crippen MR) is 124 cm³/mol. The third-order valence-electron chi connectivity index (χ3n) is 6.58. The van der Waals surface area contributed by atoms with E-state index < -0.39 is 0 Å². The Kier molecular flexibility index (Phi) is 7.76. The number of benzene rings is 1. The highest BCUT2D eigenvalue weighted by molar-refractivity contribution is 5.79. The second kappa shape index (κ2) is 10.9. The standard InChI is InChI=1S/C24H36N6O2/c1-4-31-18(2)23-27-22(32-28-23)15-26-24(25-3)30-14-12-21-20(17-30)11-8-13-29(21)16-19-9-6-5-7-10-19/h5-7,9-10,18,20-21H,4,8,11-17H2,1-3H3,(H,25,26). The van der Waals surface area contributed by atoms with Crippen LogP contribution in [-0.2, 0) is 17.8 Å². The van der Waals surface area contributed by atoms with Crippen molar-refractivity contribution in [2.75, 3.05) is 33.3 Å². The van der Waals surface area contributed by atoms with Crippen LogP contribution < -0.4 is 5.32 Å². The summed E-state index contributed by atoms with van der Waals surface area (Å²) in [6, 6.07) is 11.5. The number of rotatable bonds is 7. The van der Waals surface area contributed by atoms with Gasteiger partial charge in [-0.25, -0.2) is 0 Å². The second-order valence-electron chi connectivity index (χ2n) is 8.71.